The first kappa shape index (κ1) is 9.62. The molecule has 0 unspecified atom stereocenters. The number of carbonyl (C=O) groups is 1. The minimum Gasteiger partial charge on any atom is -0.409 e. The van der Waals surface area contributed by atoms with Gasteiger partial charge in [-0.25, -0.2) is 0 Å². The fourth-order valence-corrected chi connectivity index (χ4v) is 1.84. The van der Waals surface area contributed by atoms with E-state index in [2.05, 4.69) is 5.23 Å². The van der Waals surface area contributed by atoms with E-state index in [4.69, 9.17) is 7.98 Å². The fourth-order valence-electron chi connectivity index (χ4n) is 1.84. The first-order valence-electron chi connectivity index (χ1n) is 4.85. The molecule has 1 N–H and O–H groups in total. The molecular weight excluding hydrogens is 149 g/mol. The minimum absolute atomic E-state index is 0.0249. The molecule has 0 heterocycles. The second-order valence-electron chi connectivity index (χ2n) is 3.55. The average molecular weight is 165 g/mol. The van der Waals surface area contributed by atoms with Crippen molar-refractivity contribution in [2.45, 2.75) is 44.9 Å². The molecule has 1 amide bonds. The smallest absolute Gasteiger partial charge is 0.226 e. The van der Waals surface area contributed by atoms with E-state index in [1.165, 1.54) is 32.1 Å². The van der Waals surface area contributed by atoms with Crippen molar-refractivity contribution in [2.75, 3.05) is 0 Å². The first-order chi connectivity index (χ1) is 5.84. The zero-order valence-corrected chi connectivity index (χ0v) is 7.51. The number of rotatable bonds is 1. The highest BCUT2D eigenvalue weighted by molar-refractivity contribution is 6.14. The lowest BCUT2D eigenvalue weighted by atomic mass is 9.90. The SMILES string of the molecule is [B]NC(=O)C1CCCCCCC1. The Morgan fingerprint density at radius 3 is 2.08 bits per heavy atom. The summed E-state index contributed by atoms with van der Waals surface area (Å²) in [5.41, 5.74) is 0. The molecule has 0 aromatic rings. The molecule has 0 aromatic heterocycles. The molecule has 0 saturated heterocycles. The van der Waals surface area contributed by atoms with Gasteiger partial charge in [-0.05, 0) is 12.8 Å². The van der Waals surface area contributed by atoms with E-state index in [9.17, 15) is 4.79 Å². The van der Waals surface area contributed by atoms with Crippen LogP contribution in [0.3, 0.4) is 0 Å². The summed E-state index contributed by atoms with van der Waals surface area (Å²) >= 11 is 0. The van der Waals surface area contributed by atoms with E-state index in [1.807, 2.05) is 0 Å². The second-order valence-corrected chi connectivity index (χ2v) is 3.55. The Morgan fingerprint density at radius 1 is 1.08 bits per heavy atom. The van der Waals surface area contributed by atoms with Gasteiger partial charge < -0.3 is 5.23 Å². The van der Waals surface area contributed by atoms with Gasteiger partial charge in [0, 0.05) is 5.92 Å². The summed E-state index contributed by atoms with van der Waals surface area (Å²) in [5.74, 6) is 0.201. The van der Waals surface area contributed by atoms with Crippen LogP contribution in [0, 0.1) is 5.92 Å². The zero-order chi connectivity index (χ0) is 8.81. The van der Waals surface area contributed by atoms with Crippen LogP contribution in [0.15, 0.2) is 0 Å². The summed E-state index contributed by atoms with van der Waals surface area (Å²) < 4.78 is 0. The number of amides is 1. The van der Waals surface area contributed by atoms with E-state index >= 15 is 0 Å². The van der Waals surface area contributed by atoms with Crippen LogP contribution in [0.2, 0.25) is 0 Å². The van der Waals surface area contributed by atoms with Crippen molar-refractivity contribution in [3.63, 3.8) is 0 Å². The second kappa shape index (κ2) is 5.23. The molecule has 1 saturated carbocycles. The van der Waals surface area contributed by atoms with Crippen molar-refractivity contribution in [3.8, 4) is 0 Å². The molecule has 66 valence electrons. The molecular formula is C9H16BNO. The van der Waals surface area contributed by atoms with Gasteiger partial charge in [0.05, 0.1) is 0 Å². The summed E-state index contributed by atoms with van der Waals surface area (Å²) in [4.78, 5) is 11.2. The van der Waals surface area contributed by atoms with Crippen molar-refractivity contribution in [1.82, 2.24) is 5.23 Å². The van der Waals surface area contributed by atoms with Gasteiger partial charge in [-0.3, -0.25) is 4.79 Å². The third-order valence-electron chi connectivity index (χ3n) is 2.62. The van der Waals surface area contributed by atoms with Crippen molar-refractivity contribution < 1.29 is 4.79 Å². The Hall–Kier alpha value is -0.465. The van der Waals surface area contributed by atoms with Crippen molar-refractivity contribution in [3.05, 3.63) is 0 Å². The average Bonchev–Trinajstić information content (AvgIpc) is 2.02. The normalized spacial score (nSPS) is 21.0. The standard InChI is InChI=1S/C9H16BNO/c10-11-9(12)8-6-4-2-1-3-5-7-8/h8H,1-7H2,(H,11,12). The zero-order valence-electron chi connectivity index (χ0n) is 7.51. The monoisotopic (exact) mass is 165 g/mol. The molecule has 2 nitrogen and oxygen atoms in total. The lowest BCUT2D eigenvalue weighted by Gasteiger charge is -2.17. The Balaban J connectivity index is 2.34. The molecule has 2 radical (unpaired) electrons. The number of carbonyl (C=O) groups excluding carboxylic acids is 1. The lowest BCUT2D eigenvalue weighted by Crippen LogP contribution is -2.28. The third kappa shape index (κ3) is 2.88. The summed E-state index contributed by atoms with van der Waals surface area (Å²) in [7, 11) is 5.09. The molecule has 1 aliphatic rings. The molecule has 0 bridgehead atoms. The highest BCUT2D eigenvalue weighted by Crippen LogP contribution is 2.21. The third-order valence-corrected chi connectivity index (χ3v) is 2.62. The summed E-state index contributed by atoms with van der Waals surface area (Å²) in [6.07, 6.45) is 8.27. The Kier molecular flexibility index (Phi) is 4.19. The maximum atomic E-state index is 11.2. The van der Waals surface area contributed by atoms with E-state index in [-0.39, 0.29) is 11.8 Å². The Labute approximate surface area is 75.5 Å². The van der Waals surface area contributed by atoms with Crippen molar-refractivity contribution in [2.24, 2.45) is 5.92 Å². The Bertz CT molecular complexity index is 141. The predicted molar refractivity (Wildman–Crippen MR) is 49.7 cm³/mol. The molecule has 0 aliphatic heterocycles. The van der Waals surface area contributed by atoms with Gasteiger partial charge in [0.2, 0.25) is 13.9 Å². The number of hydrogen-bond acceptors (Lipinski definition) is 1. The predicted octanol–water partition coefficient (Wildman–Crippen LogP) is 1.55. The molecule has 12 heavy (non-hydrogen) atoms. The van der Waals surface area contributed by atoms with Crippen LogP contribution in [0.4, 0.5) is 0 Å². The van der Waals surface area contributed by atoms with E-state index < -0.39 is 0 Å². The van der Waals surface area contributed by atoms with Crippen LogP contribution in [-0.4, -0.2) is 13.9 Å². The maximum Gasteiger partial charge on any atom is 0.226 e. The Morgan fingerprint density at radius 2 is 1.58 bits per heavy atom. The molecule has 1 rings (SSSR count). The summed E-state index contributed by atoms with van der Waals surface area (Å²) in [5, 5.41) is 2.24. The highest BCUT2D eigenvalue weighted by Gasteiger charge is 2.17. The van der Waals surface area contributed by atoms with Gasteiger partial charge in [0.25, 0.3) is 0 Å². The topological polar surface area (TPSA) is 29.1 Å². The molecule has 0 aromatic carbocycles. The van der Waals surface area contributed by atoms with Gasteiger partial charge >= 0.3 is 0 Å². The van der Waals surface area contributed by atoms with E-state index in [0.29, 0.717) is 0 Å². The summed E-state index contributed by atoms with van der Waals surface area (Å²) in [6.45, 7) is 0. The van der Waals surface area contributed by atoms with Crippen LogP contribution >= 0.6 is 0 Å². The molecule has 3 heteroatoms. The van der Waals surface area contributed by atoms with E-state index in [1.54, 1.807) is 0 Å². The minimum atomic E-state index is 0.0249. The fraction of sp³-hybridized carbons (Fsp3) is 0.889. The maximum absolute atomic E-state index is 11.2. The van der Waals surface area contributed by atoms with Crippen LogP contribution in [0.5, 0.6) is 0 Å². The summed E-state index contributed by atoms with van der Waals surface area (Å²) in [6, 6.07) is 0. The van der Waals surface area contributed by atoms with E-state index in [0.717, 1.165) is 12.8 Å². The van der Waals surface area contributed by atoms with Crippen LogP contribution < -0.4 is 5.23 Å². The number of nitrogens with one attached hydrogen (secondary N) is 1. The van der Waals surface area contributed by atoms with Crippen LogP contribution in [0.25, 0.3) is 0 Å². The van der Waals surface area contributed by atoms with Gasteiger partial charge in [0.1, 0.15) is 0 Å². The van der Waals surface area contributed by atoms with Gasteiger partial charge in [-0.15, -0.1) is 0 Å². The molecule has 1 fully saturated rings. The first-order valence-corrected chi connectivity index (χ1v) is 4.85. The van der Waals surface area contributed by atoms with Crippen molar-refractivity contribution in [1.29, 1.82) is 0 Å². The lowest BCUT2D eigenvalue weighted by molar-refractivity contribution is -0.123. The van der Waals surface area contributed by atoms with Crippen LogP contribution in [-0.2, 0) is 4.79 Å². The van der Waals surface area contributed by atoms with Gasteiger partial charge in [-0.1, -0.05) is 32.1 Å². The van der Waals surface area contributed by atoms with Gasteiger partial charge in [-0.2, -0.15) is 0 Å². The quantitative estimate of drug-likeness (QED) is 0.586. The van der Waals surface area contributed by atoms with Crippen LogP contribution in [0.1, 0.15) is 44.9 Å². The molecule has 0 spiro atoms. The molecule has 1 aliphatic carbocycles. The highest BCUT2D eigenvalue weighted by atomic mass is 16.1. The van der Waals surface area contributed by atoms with Crippen molar-refractivity contribution >= 4 is 13.9 Å². The number of hydrogen-bond donors (Lipinski definition) is 1. The molecule has 0 atom stereocenters. The largest absolute Gasteiger partial charge is 0.409 e. The van der Waals surface area contributed by atoms with Gasteiger partial charge in [0.15, 0.2) is 0 Å².